The summed E-state index contributed by atoms with van der Waals surface area (Å²) in [5.74, 6) is -1.81. The zero-order valence-electron chi connectivity index (χ0n) is 13.3. The molecule has 1 heterocycles. The number of aryl methyl sites for hydroxylation is 1. The first-order chi connectivity index (χ1) is 12.3. The molecule has 0 bridgehead atoms. The number of carbonyl (C=O) groups is 1. The fraction of sp³-hybridized carbons (Fsp3) is 0.0588. The summed E-state index contributed by atoms with van der Waals surface area (Å²) >= 11 is 1.06. The Hall–Kier alpha value is -3.20. The molecule has 6 nitrogen and oxygen atoms in total. The lowest BCUT2D eigenvalue weighted by molar-refractivity contribution is -0.384. The van der Waals surface area contributed by atoms with Crippen LogP contribution in [0.15, 0.2) is 42.5 Å². The highest BCUT2D eigenvalue weighted by Gasteiger charge is 2.19. The van der Waals surface area contributed by atoms with E-state index in [0.29, 0.717) is 16.3 Å². The van der Waals surface area contributed by atoms with Gasteiger partial charge in [0, 0.05) is 17.7 Å². The molecule has 0 aliphatic carbocycles. The minimum absolute atomic E-state index is 0.232. The second-order valence-corrected chi connectivity index (χ2v) is 6.31. The molecule has 0 saturated heterocycles. The average Bonchev–Trinajstić information content (AvgIpc) is 2.99. The Morgan fingerprint density at radius 1 is 1.19 bits per heavy atom. The number of nitrogens with one attached hydrogen (secondary N) is 1. The third-order valence-corrected chi connectivity index (χ3v) is 4.71. The smallest absolute Gasteiger partial charge is 0.271 e. The SMILES string of the molecule is Cc1nc(-c2ccc(F)cc2)sc1C(=O)Nc1cc([N+](=O)[O-])ccc1F. The van der Waals surface area contributed by atoms with Gasteiger partial charge in [-0.25, -0.2) is 13.8 Å². The third-order valence-electron chi connectivity index (χ3n) is 3.50. The maximum atomic E-state index is 13.8. The van der Waals surface area contributed by atoms with E-state index in [1.54, 1.807) is 6.92 Å². The van der Waals surface area contributed by atoms with E-state index in [9.17, 15) is 23.7 Å². The summed E-state index contributed by atoms with van der Waals surface area (Å²) in [5, 5.41) is 13.6. The maximum Gasteiger partial charge on any atom is 0.271 e. The molecular formula is C17H11F2N3O3S. The molecule has 0 unspecified atom stereocenters. The van der Waals surface area contributed by atoms with Crippen LogP contribution in [0.1, 0.15) is 15.4 Å². The lowest BCUT2D eigenvalue weighted by Gasteiger charge is -2.05. The number of amides is 1. The van der Waals surface area contributed by atoms with Crippen LogP contribution in [0.2, 0.25) is 0 Å². The Bertz CT molecular complexity index is 1000. The summed E-state index contributed by atoms with van der Waals surface area (Å²) in [4.78, 5) is 27.0. The van der Waals surface area contributed by atoms with Gasteiger partial charge in [0.15, 0.2) is 0 Å². The molecule has 3 aromatic rings. The first kappa shape index (κ1) is 17.6. The van der Waals surface area contributed by atoms with Crippen LogP contribution in [0, 0.1) is 28.7 Å². The number of nitro benzene ring substituents is 1. The van der Waals surface area contributed by atoms with Gasteiger partial charge in [0.1, 0.15) is 21.5 Å². The van der Waals surface area contributed by atoms with Crippen molar-refractivity contribution in [1.29, 1.82) is 0 Å². The van der Waals surface area contributed by atoms with E-state index >= 15 is 0 Å². The van der Waals surface area contributed by atoms with Gasteiger partial charge < -0.3 is 5.32 Å². The number of carbonyl (C=O) groups excluding carboxylic acids is 1. The molecule has 0 aliphatic heterocycles. The number of anilines is 1. The van der Waals surface area contributed by atoms with Crippen molar-refractivity contribution < 1.29 is 18.5 Å². The number of non-ortho nitro benzene ring substituents is 1. The molecule has 2 aromatic carbocycles. The number of nitro groups is 1. The number of hydrogen-bond acceptors (Lipinski definition) is 5. The van der Waals surface area contributed by atoms with E-state index in [-0.39, 0.29) is 22.1 Å². The van der Waals surface area contributed by atoms with E-state index in [2.05, 4.69) is 10.3 Å². The van der Waals surface area contributed by atoms with E-state index in [4.69, 9.17) is 0 Å². The summed E-state index contributed by atoms with van der Waals surface area (Å²) in [6, 6.07) is 8.51. The Kier molecular flexibility index (Phi) is 4.72. The van der Waals surface area contributed by atoms with Crippen LogP contribution in [0.25, 0.3) is 10.6 Å². The lowest BCUT2D eigenvalue weighted by atomic mass is 10.2. The zero-order chi connectivity index (χ0) is 18.8. The van der Waals surface area contributed by atoms with Crippen molar-refractivity contribution in [2.75, 3.05) is 5.32 Å². The molecule has 0 fully saturated rings. The van der Waals surface area contributed by atoms with Crippen LogP contribution in [-0.4, -0.2) is 15.8 Å². The quantitative estimate of drug-likeness (QED) is 0.535. The van der Waals surface area contributed by atoms with Crippen molar-refractivity contribution in [3.63, 3.8) is 0 Å². The summed E-state index contributed by atoms with van der Waals surface area (Å²) in [6.45, 7) is 1.61. The Morgan fingerprint density at radius 3 is 2.54 bits per heavy atom. The van der Waals surface area contributed by atoms with Gasteiger partial charge in [-0.2, -0.15) is 0 Å². The third kappa shape index (κ3) is 3.57. The Labute approximate surface area is 150 Å². The normalized spacial score (nSPS) is 10.6. The van der Waals surface area contributed by atoms with Crippen molar-refractivity contribution in [3.05, 3.63) is 74.8 Å². The van der Waals surface area contributed by atoms with Gasteiger partial charge in [-0.05, 0) is 37.3 Å². The van der Waals surface area contributed by atoms with Crippen LogP contribution >= 0.6 is 11.3 Å². The Balaban J connectivity index is 1.88. The molecule has 9 heteroatoms. The van der Waals surface area contributed by atoms with Crippen LogP contribution < -0.4 is 5.32 Å². The fourth-order valence-electron chi connectivity index (χ4n) is 2.22. The number of aromatic nitrogens is 1. The van der Waals surface area contributed by atoms with Crippen LogP contribution in [0.5, 0.6) is 0 Å². The number of halogens is 2. The van der Waals surface area contributed by atoms with Crippen molar-refractivity contribution in [1.82, 2.24) is 4.98 Å². The monoisotopic (exact) mass is 375 g/mol. The molecule has 26 heavy (non-hydrogen) atoms. The topological polar surface area (TPSA) is 85.1 Å². The molecule has 0 radical (unpaired) electrons. The Morgan fingerprint density at radius 2 is 1.88 bits per heavy atom. The van der Waals surface area contributed by atoms with Crippen LogP contribution in [-0.2, 0) is 0 Å². The highest BCUT2D eigenvalue weighted by molar-refractivity contribution is 7.17. The molecule has 0 spiro atoms. The lowest BCUT2D eigenvalue weighted by Crippen LogP contribution is -2.13. The second kappa shape index (κ2) is 6.96. The minimum atomic E-state index is -0.787. The first-order valence-electron chi connectivity index (χ1n) is 7.34. The fourth-order valence-corrected chi connectivity index (χ4v) is 3.19. The molecule has 0 saturated carbocycles. The van der Waals surface area contributed by atoms with Crippen LogP contribution in [0.3, 0.4) is 0 Å². The van der Waals surface area contributed by atoms with Crippen LogP contribution in [0.4, 0.5) is 20.2 Å². The van der Waals surface area contributed by atoms with Gasteiger partial charge in [-0.1, -0.05) is 0 Å². The van der Waals surface area contributed by atoms with Gasteiger partial charge in [-0.15, -0.1) is 11.3 Å². The van der Waals surface area contributed by atoms with Gasteiger partial charge in [0.2, 0.25) is 0 Å². The predicted molar refractivity (Wildman–Crippen MR) is 93.3 cm³/mol. The molecule has 3 rings (SSSR count). The summed E-state index contributed by atoms with van der Waals surface area (Å²) in [7, 11) is 0. The summed E-state index contributed by atoms with van der Waals surface area (Å²) in [6.07, 6.45) is 0. The molecule has 1 N–H and O–H groups in total. The highest BCUT2D eigenvalue weighted by Crippen LogP contribution is 2.29. The van der Waals surface area contributed by atoms with E-state index in [1.807, 2.05) is 0 Å². The standard InChI is InChI=1S/C17H11F2N3O3S/c1-9-15(26-17(20-9)10-2-4-11(18)5-3-10)16(23)21-14-8-12(22(24)25)6-7-13(14)19/h2-8H,1H3,(H,21,23). The molecule has 0 atom stereocenters. The van der Waals surface area contributed by atoms with Crippen molar-refractivity contribution in [2.24, 2.45) is 0 Å². The van der Waals surface area contributed by atoms with E-state index in [0.717, 1.165) is 29.5 Å². The zero-order valence-corrected chi connectivity index (χ0v) is 14.1. The number of benzene rings is 2. The highest BCUT2D eigenvalue weighted by atomic mass is 32.1. The van der Waals surface area contributed by atoms with Gasteiger partial charge in [-0.3, -0.25) is 14.9 Å². The predicted octanol–water partition coefficient (Wildman–Crippen LogP) is 4.56. The molecule has 0 aliphatic rings. The summed E-state index contributed by atoms with van der Waals surface area (Å²) < 4.78 is 26.9. The second-order valence-electron chi connectivity index (χ2n) is 5.32. The number of rotatable bonds is 4. The molecule has 132 valence electrons. The largest absolute Gasteiger partial charge is 0.318 e. The minimum Gasteiger partial charge on any atom is -0.318 e. The van der Waals surface area contributed by atoms with Crippen molar-refractivity contribution >= 4 is 28.6 Å². The van der Waals surface area contributed by atoms with Gasteiger partial charge >= 0.3 is 0 Å². The van der Waals surface area contributed by atoms with Crippen molar-refractivity contribution in [3.8, 4) is 10.6 Å². The van der Waals surface area contributed by atoms with Gasteiger partial charge in [0.05, 0.1) is 16.3 Å². The van der Waals surface area contributed by atoms with E-state index < -0.39 is 16.6 Å². The van der Waals surface area contributed by atoms with E-state index in [1.165, 1.54) is 24.3 Å². The van der Waals surface area contributed by atoms with Crippen molar-refractivity contribution in [2.45, 2.75) is 6.92 Å². The average molecular weight is 375 g/mol. The maximum absolute atomic E-state index is 13.8. The first-order valence-corrected chi connectivity index (χ1v) is 8.15. The number of nitrogens with zero attached hydrogens (tertiary/aromatic N) is 2. The molecular weight excluding hydrogens is 364 g/mol. The van der Waals surface area contributed by atoms with Gasteiger partial charge in [0.25, 0.3) is 11.6 Å². The summed E-state index contributed by atoms with van der Waals surface area (Å²) in [5.41, 5.74) is 0.424. The number of thiazole rings is 1. The molecule has 1 amide bonds. The molecule has 1 aromatic heterocycles. The number of hydrogen-bond donors (Lipinski definition) is 1.